The number of nitrogens with one attached hydrogen (secondary N) is 2. The Hall–Kier alpha value is -2.49. The Bertz CT molecular complexity index is 720. The van der Waals surface area contributed by atoms with Gasteiger partial charge in [-0.25, -0.2) is 0 Å². The molecule has 20 heavy (non-hydrogen) atoms. The third-order valence-electron chi connectivity index (χ3n) is 3.42. The van der Waals surface area contributed by atoms with Crippen molar-refractivity contribution in [3.63, 3.8) is 0 Å². The van der Waals surface area contributed by atoms with Crippen LogP contribution in [0.4, 0.5) is 5.69 Å². The maximum absolute atomic E-state index is 5.26. The summed E-state index contributed by atoms with van der Waals surface area (Å²) in [6.07, 6.45) is 1.82. The number of rotatable bonds is 4. The summed E-state index contributed by atoms with van der Waals surface area (Å²) in [7, 11) is 1.68. The van der Waals surface area contributed by atoms with E-state index in [1.165, 1.54) is 5.56 Å². The summed E-state index contributed by atoms with van der Waals surface area (Å²) in [5, 5.41) is 11.6. The number of aromatic nitrogens is 2. The van der Waals surface area contributed by atoms with Gasteiger partial charge < -0.3 is 10.1 Å². The van der Waals surface area contributed by atoms with Gasteiger partial charge in [-0.2, -0.15) is 5.10 Å². The Balaban J connectivity index is 1.81. The lowest BCUT2D eigenvalue weighted by Crippen LogP contribution is -2.06. The van der Waals surface area contributed by atoms with E-state index >= 15 is 0 Å². The van der Waals surface area contributed by atoms with E-state index in [0.29, 0.717) is 0 Å². The first-order valence-electron chi connectivity index (χ1n) is 6.60. The van der Waals surface area contributed by atoms with Gasteiger partial charge in [-0.15, -0.1) is 0 Å². The number of hydrogen-bond donors (Lipinski definition) is 2. The summed E-state index contributed by atoms with van der Waals surface area (Å²) >= 11 is 0. The fraction of sp³-hybridized carbons (Fsp3) is 0.188. The zero-order chi connectivity index (χ0) is 13.9. The summed E-state index contributed by atoms with van der Waals surface area (Å²) in [5.74, 6) is 0.875. The normalized spacial score (nSPS) is 12.3. The molecule has 0 spiro atoms. The molecule has 4 heteroatoms. The highest BCUT2D eigenvalue weighted by molar-refractivity contribution is 5.81. The summed E-state index contributed by atoms with van der Waals surface area (Å²) in [4.78, 5) is 0. The first-order chi connectivity index (χ1) is 9.76. The third-order valence-corrected chi connectivity index (χ3v) is 3.42. The van der Waals surface area contributed by atoms with Crippen LogP contribution in [-0.2, 0) is 0 Å². The van der Waals surface area contributed by atoms with Crippen molar-refractivity contribution in [1.29, 1.82) is 0 Å². The quantitative estimate of drug-likeness (QED) is 0.757. The second-order valence-corrected chi connectivity index (χ2v) is 4.81. The number of H-pyrrole nitrogens is 1. The number of aromatic amines is 1. The molecule has 0 amide bonds. The van der Waals surface area contributed by atoms with Gasteiger partial charge in [0.25, 0.3) is 0 Å². The van der Waals surface area contributed by atoms with Crippen molar-refractivity contribution in [3.05, 3.63) is 54.2 Å². The minimum absolute atomic E-state index is 0.200. The van der Waals surface area contributed by atoms with Crippen LogP contribution in [0.1, 0.15) is 18.5 Å². The van der Waals surface area contributed by atoms with Crippen molar-refractivity contribution in [1.82, 2.24) is 10.2 Å². The van der Waals surface area contributed by atoms with Crippen LogP contribution in [-0.4, -0.2) is 17.3 Å². The van der Waals surface area contributed by atoms with Gasteiger partial charge in [0, 0.05) is 17.1 Å². The molecule has 3 rings (SSSR count). The van der Waals surface area contributed by atoms with Crippen molar-refractivity contribution in [2.24, 2.45) is 0 Å². The number of benzene rings is 2. The fourth-order valence-electron chi connectivity index (χ4n) is 2.27. The van der Waals surface area contributed by atoms with E-state index in [0.717, 1.165) is 22.3 Å². The highest BCUT2D eigenvalue weighted by Gasteiger charge is 2.07. The van der Waals surface area contributed by atoms with E-state index < -0.39 is 0 Å². The molecule has 0 fully saturated rings. The van der Waals surface area contributed by atoms with Gasteiger partial charge in [-0.3, -0.25) is 5.10 Å². The Morgan fingerprint density at radius 1 is 1.20 bits per heavy atom. The second kappa shape index (κ2) is 5.25. The van der Waals surface area contributed by atoms with Gasteiger partial charge in [0.2, 0.25) is 0 Å². The molecule has 2 N–H and O–H groups in total. The number of fused-ring (bicyclic) bond motifs is 1. The minimum Gasteiger partial charge on any atom is -0.497 e. The Kier molecular flexibility index (Phi) is 3.29. The lowest BCUT2D eigenvalue weighted by Gasteiger charge is -2.16. The van der Waals surface area contributed by atoms with E-state index in [1.807, 2.05) is 24.4 Å². The predicted molar refractivity (Wildman–Crippen MR) is 81.1 cm³/mol. The van der Waals surface area contributed by atoms with E-state index in [4.69, 9.17) is 4.74 Å². The average molecular weight is 267 g/mol. The molecule has 0 radical (unpaired) electrons. The Morgan fingerprint density at radius 2 is 2.10 bits per heavy atom. The van der Waals surface area contributed by atoms with Gasteiger partial charge in [0.1, 0.15) is 5.75 Å². The Morgan fingerprint density at radius 3 is 2.95 bits per heavy atom. The van der Waals surface area contributed by atoms with Crippen molar-refractivity contribution >= 4 is 16.6 Å². The standard InChI is InChI=1S/C16H17N3O/c1-11(12-4-3-5-15(8-12)20-2)18-14-7-6-13-10-17-19-16(13)9-14/h3-11,18H,1-2H3,(H,17,19). The summed E-state index contributed by atoms with van der Waals surface area (Å²) in [5.41, 5.74) is 3.29. The molecule has 0 bridgehead atoms. The molecule has 1 heterocycles. The van der Waals surface area contributed by atoms with Gasteiger partial charge in [0.05, 0.1) is 18.8 Å². The molecule has 102 valence electrons. The highest BCUT2D eigenvalue weighted by atomic mass is 16.5. The first kappa shape index (κ1) is 12.5. The molecule has 4 nitrogen and oxygen atoms in total. The Labute approximate surface area is 117 Å². The van der Waals surface area contributed by atoms with Crippen molar-refractivity contribution in [2.45, 2.75) is 13.0 Å². The molecule has 0 saturated carbocycles. The zero-order valence-electron chi connectivity index (χ0n) is 11.6. The molecule has 1 unspecified atom stereocenters. The molecule has 0 saturated heterocycles. The van der Waals surface area contributed by atoms with Gasteiger partial charge >= 0.3 is 0 Å². The number of anilines is 1. The average Bonchev–Trinajstić information content (AvgIpc) is 2.95. The van der Waals surface area contributed by atoms with E-state index in [2.05, 4.69) is 46.7 Å². The molecule has 3 aromatic rings. The van der Waals surface area contributed by atoms with Crippen molar-refractivity contribution < 1.29 is 4.74 Å². The van der Waals surface area contributed by atoms with E-state index in [1.54, 1.807) is 7.11 Å². The number of methoxy groups -OCH3 is 1. The second-order valence-electron chi connectivity index (χ2n) is 4.81. The number of nitrogens with zero attached hydrogens (tertiary/aromatic N) is 1. The number of ether oxygens (including phenoxy) is 1. The molecule has 2 aromatic carbocycles. The lowest BCUT2D eigenvalue weighted by atomic mass is 10.1. The van der Waals surface area contributed by atoms with E-state index in [9.17, 15) is 0 Å². The summed E-state index contributed by atoms with van der Waals surface area (Å²) < 4.78 is 5.26. The van der Waals surface area contributed by atoms with Crippen LogP contribution >= 0.6 is 0 Å². The molecule has 0 aliphatic carbocycles. The minimum atomic E-state index is 0.200. The monoisotopic (exact) mass is 267 g/mol. The predicted octanol–water partition coefficient (Wildman–Crippen LogP) is 3.74. The molecule has 0 aliphatic rings. The maximum atomic E-state index is 5.26. The molecule has 0 aliphatic heterocycles. The van der Waals surface area contributed by atoms with Crippen LogP contribution in [0.25, 0.3) is 10.9 Å². The van der Waals surface area contributed by atoms with Crippen LogP contribution in [0.5, 0.6) is 5.75 Å². The zero-order valence-corrected chi connectivity index (χ0v) is 11.6. The highest BCUT2D eigenvalue weighted by Crippen LogP contribution is 2.24. The van der Waals surface area contributed by atoms with Gasteiger partial charge in [-0.05, 0) is 42.8 Å². The SMILES string of the molecule is COc1cccc(C(C)Nc2ccc3cn[nH]c3c2)c1. The first-order valence-corrected chi connectivity index (χ1v) is 6.60. The lowest BCUT2D eigenvalue weighted by molar-refractivity contribution is 0.414. The van der Waals surface area contributed by atoms with Gasteiger partial charge in [-0.1, -0.05) is 12.1 Å². The maximum Gasteiger partial charge on any atom is 0.119 e. The van der Waals surface area contributed by atoms with Crippen LogP contribution < -0.4 is 10.1 Å². The topological polar surface area (TPSA) is 49.9 Å². The van der Waals surface area contributed by atoms with Crippen LogP contribution in [0.15, 0.2) is 48.7 Å². The summed E-state index contributed by atoms with van der Waals surface area (Å²) in [6.45, 7) is 2.13. The van der Waals surface area contributed by atoms with Crippen LogP contribution in [0.3, 0.4) is 0 Å². The smallest absolute Gasteiger partial charge is 0.119 e. The van der Waals surface area contributed by atoms with E-state index in [-0.39, 0.29) is 6.04 Å². The third kappa shape index (κ3) is 2.45. The van der Waals surface area contributed by atoms with Crippen LogP contribution in [0.2, 0.25) is 0 Å². The molecular formula is C16H17N3O. The number of hydrogen-bond acceptors (Lipinski definition) is 3. The molecule has 1 atom stereocenters. The molecular weight excluding hydrogens is 250 g/mol. The van der Waals surface area contributed by atoms with Gasteiger partial charge in [0.15, 0.2) is 0 Å². The summed E-state index contributed by atoms with van der Waals surface area (Å²) in [6, 6.07) is 14.5. The largest absolute Gasteiger partial charge is 0.497 e. The molecule has 1 aromatic heterocycles. The van der Waals surface area contributed by atoms with Crippen LogP contribution in [0, 0.1) is 0 Å². The van der Waals surface area contributed by atoms with Crippen molar-refractivity contribution in [3.8, 4) is 5.75 Å². The van der Waals surface area contributed by atoms with Crippen molar-refractivity contribution in [2.75, 3.05) is 12.4 Å². The fourth-order valence-corrected chi connectivity index (χ4v) is 2.27.